The number of aryl methyl sites for hydroxylation is 9. The lowest BCUT2D eigenvalue weighted by atomic mass is 9.50. The van der Waals surface area contributed by atoms with Crippen LogP contribution in [0.5, 0.6) is 0 Å². The Hall–Kier alpha value is -9.94. The van der Waals surface area contributed by atoms with Gasteiger partial charge in [-0.15, -0.1) is 0 Å². The fraction of sp³-hybridized carbons (Fsp3) is 0.221. The molecule has 0 atom stereocenters. The molecular formula is C77H82B4N8O4+4. The van der Waals surface area contributed by atoms with Gasteiger partial charge in [0.1, 0.15) is 72.2 Å². The number of rotatable bonds is 4. The number of pyridine rings is 4. The maximum atomic E-state index is 7.76. The first-order valence-corrected chi connectivity index (χ1v) is 31.7. The number of nitrogens with zero attached hydrogens (tertiary/aromatic N) is 8. The first-order chi connectivity index (χ1) is 47.1. The quantitative estimate of drug-likeness (QED) is 0.195. The van der Waals surface area contributed by atoms with Crippen molar-refractivity contribution in [3.05, 3.63) is 235 Å². The zero-order valence-electron chi connectivity index (χ0n) is 61.9. The zero-order chi connectivity index (χ0) is 70.4. The van der Waals surface area contributed by atoms with E-state index in [4.69, 9.17) is 25.9 Å². The van der Waals surface area contributed by atoms with Crippen LogP contribution >= 0.6 is 0 Å². The second-order valence-electron chi connectivity index (χ2n) is 25.7. The fourth-order valence-corrected chi connectivity index (χ4v) is 14.5. The Morgan fingerprint density at radius 2 is 0.742 bits per heavy atom. The number of aromatic nitrogens is 4. The molecule has 12 nitrogen and oxygen atoms in total. The topological polar surface area (TPSA) is 81.0 Å². The summed E-state index contributed by atoms with van der Waals surface area (Å²) in [4.78, 5) is 8.82. The van der Waals surface area contributed by atoms with Gasteiger partial charge in [0.15, 0.2) is 47.2 Å². The van der Waals surface area contributed by atoms with E-state index in [0.29, 0.717) is 11.1 Å². The summed E-state index contributed by atoms with van der Waals surface area (Å²) in [7, 11) is 16.3. The van der Waals surface area contributed by atoms with Crippen molar-refractivity contribution in [3.63, 3.8) is 0 Å². The largest absolute Gasteiger partial charge is 0.457 e. The predicted octanol–water partition coefficient (Wildman–Crippen LogP) is 3.74. The first-order valence-electron chi connectivity index (χ1n) is 34.7. The van der Waals surface area contributed by atoms with Crippen molar-refractivity contribution < 1.29 is 44.2 Å². The van der Waals surface area contributed by atoms with Crippen molar-refractivity contribution in [3.8, 4) is 0 Å². The van der Waals surface area contributed by atoms with Crippen molar-refractivity contribution in [2.45, 2.75) is 62.2 Å². The van der Waals surface area contributed by atoms with Gasteiger partial charge in [0, 0.05) is 105 Å². The van der Waals surface area contributed by atoms with Gasteiger partial charge in [-0.25, -0.2) is 18.3 Å². The second-order valence-corrected chi connectivity index (χ2v) is 25.7. The van der Waals surface area contributed by atoms with E-state index in [9.17, 15) is 0 Å². The number of fused-ring (bicyclic) bond motifs is 12. The monoisotopic (exact) mass is 1230 g/mol. The highest BCUT2D eigenvalue weighted by Crippen LogP contribution is 2.19. The van der Waals surface area contributed by atoms with E-state index in [1.807, 2.05) is 123 Å². The molecule has 0 N–H and O–H groups in total. The fourth-order valence-electron chi connectivity index (χ4n) is 14.5. The van der Waals surface area contributed by atoms with E-state index in [1.165, 1.54) is 59.9 Å². The smallest absolute Gasteiger partial charge is 0.402 e. The average molecular weight is 1230 g/mol. The van der Waals surface area contributed by atoms with Crippen molar-refractivity contribution in [2.75, 3.05) is 28.2 Å². The maximum Gasteiger partial charge on any atom is 0.402 e. The summed E-state index contributed by atoms with van der Waals surface area (Å²) in [5.74, 6) is 0. The van der Waals surface area contributed by atoms with Crippen LogP contribution in [0.1, 0.15) is 63.7 Å². The third-order valence-corrected chi connectivity index (χ3v) is 19.1. The van der Waals surface area contributed by atoms with Gasteiger partial charge in [-0.3, -0.25) is 0 Å². The molecule has 0 bridgehead atoms. The van der Waals surface area contributed by atoms with Crippen LogP contribution in [0.2, 0.25) is 0 Å². The molecule has 0 spiro atoms. The number of benzene rings is 4. The van der Waals surface area contributed by atoms with Gasteiger partial charge in [-0.05, 0) is 167 Å². The molecule has 0 saturated carbocycles. The number of furan rings is 4. The summed E-state index contributed by atoms with van der Waals surface area (Å²) >= 11 is 0. The van der Waals surface area contributed by atoms with Gasteiger partial charge in [0.05, 0.1) is 0 Å². The lowest BCUT2D eigenvalue weighted by molar-refractivity contribution is -0.654. The van der Waals surface area contributed by atoms with E-state index >= 15 is 0 Å². The van der Waals surface area contributed by atoms with Crippen LogP contribution in [0.4, 0.5) is 0 Å². The summed E-state index contributed by atoms with van der Waals surface area (Å²) in [6.45, 7) is 10.9. The van der Waals surface area contributed by atoms with Gasteiger partial charge < -0.3 is 36.9 Å². The van der Waals surface area contributed by atoms with Crippen LogP contribution in [0.3, 0.4) is 0 Å². The molecule has 4 aromatic carbocycles. The zero-order valence-corrected chi connectivity index (χ0v) is 55.9. The minimum atomic E-state index is -2.11. The molecule has 8 aromatic heterocycles. The van der Waals surface area contributed by atoms with E-state index < -0.39 is 13.7 Å². The molecule has 4 aliphatic heterocycles. The van der Waals surface area contributed by atoms with E-state index in [2.05, 4.69) is 190 Å². The highest BCUT2D eigenvalue weighted by molar-refractivity contribution is 6.87. The van der Waals surface area contributed by atoms with Crippen molar-refractivity contribution in [2.24, 2.45) is 28.2 Å². The van der Waals surface area contributed by atoms with Crippen LogP contribution in [0.25, 0.3) is 90.6 Å². The summed E-state index contributed by atoms with van der Waals surface area (Å²) in [6, 6.07) is 47.0. The standard InChI is InChI=1S/C20H22BN2O.3C19H20BN2O/c1-13-10-19(22(4)11-14(13)2)21-15(3)20-16-8-6-7-9-17(16)24-18(20)12-23(21)5;1-13-9-10-21(3)18(11-13)20-14(2)19-16(12-22(20)4)15-7-5-6-8-17(15)23-19;1-13-9-10-18(21(3)11-13)20-14(2)19-16(12-22(20)4)15-7-5-6-8-17(15)23-19;1-13-9-10-21(3)18(11-13)20-14(2)19-15-7-5-6-8-16(15)23-17(19)12-22(20)4/h6-12H,1-5H3;3*5-12H,1-4H3/q4*+1/i2D3;;1D3;. The van der Waals surface area contributed by atoms with Crippen molar-refractivity contribution in [1.82, 2.24) is 19.2 Å². The summed E-state index contributed by atoms with van der Waals surface area (Å²) < 4.78 is 78.7. The van der Waals surface area contributed by atoms with Gasteiger partial charge in [0.25, 0.3) is 0 Å². The SMILES string of the molecule is CC1=c2c(oc3ccccc23)=CN(C)B1c1cc(C)cc[n+]1C.CC1=c2oc3ccccc3c2=CN(C)B1c1cc(C)cc[n+]1C.[2H]C([2H])([2H])c1c[n+](C)c(B2C(C)=c3c(oc4ccccc34)=CN2C)cc1C.[2H]C([2H])([2H])c1ccc(B2C(C)=c3oc4ccccc4c3=CN2C)[n+](C)c1. The van der Waals surface area contributed by atoms with Gasteiger partial charge in [0.2, 0.25) is 0 Å². The minimum Gasteiger partial charge on any atom is -0.457 e. The van der Waals surface area contributed by atoms with Crippen LogP contribution in [0.15, 0.2) is 182 Å². The van der Waals surface area contributed by atoms with Gasteiger partial charge in [-0.2, -0.15) is 0 Å². The molecule has 12 heterocycles. The molecule has 0 amide bonds. The van der Waals surface area contributed by atoms with Gasteiger partial charge >= 0.3 is 27.4 Å². The van der Waals surface area contributed by atoms with Crippen LogP contribution in [0, 0.1) is 34.5 Å². The highest BCUT2D eigenvalue weighted by atomic mass is 16.3. The summed E-state index contributed by atoms with van der Waals surface area (Å²) in [6.07, 6.45) is 16.2. The molecule has 4 aliphatic rings. The van der Waals surface area contributed by atoms with Crippen LogP contribution in [-0.4, -0.2) is 74.8 Å². The Morgan fingerprint density at radius 1 is 0.355 bits per heavy atom. The number of hydrogen-bond acceptors (Lipinski definition) is 8. The van der Waals surface area contributed by atoms with E-state index in [-0.39, 0.29) is 27.4 Å². The van der Waals surface area contributed by atoms with Crippen molar-refractivity contribution >= 4 is 140 Å². The Labute approximate surface area is 554 Å². The molecule has 16 heteroatoms. The highest BCUT2D eigenvalue weighted by Gasteiger charge is 2.39. The molecule has 93 heavy (non-hydrogen) atoms. The van der Waals surface area contributed by atoms with Crippen molar-refractivity contribution in [1.29, 1.82) is 0 Å². The molecule has 0 fully saturated rings. The third-order valence-electron chi connectivity index (χ3n) is 19.1. The minimum absolute atomic E-state index is 0.00728. The molecular weight excluding hydrogens is 1140 g/mol. The molecule has 0 radical (unpaired) electrons. The first kappa shape index (κ1) is 54.8. The molecule has 0 saturated heterocycles. The molecule has 462 valence electrons. The lowest BCUT2D eigenvalue weighted by Crippen LogP contribution is -2.62. The second kappa shape index (κ2) is 24.6. The number of para-hydroxylation sites is 4. The molecule has 0 unspecified atom stereocenters. The van der Waals surface area contributed by atoms with Crippen LogP contribution < -0.4 is 83.2 Å². The summed E-state index contributed by atoms with van der Waals surface area (Å²) in [5.41, 5.74) is 21.0. The Bertz CT molecular complexity index is 5800. The average Bonchev–Trinajstić information content (AvgIpc) is 1.67. The summed E-state index contributed by atoms with van der Waals surface area (Å²) in [5, 5.41) is 9.25. The molecule has 16 rings (SSSR count). The Balaban J connectivity index is 0.000000119. The lowest BCUT2D eigenvalue weighted by Gasteiger charge is -2.24. The third kappa shape index (κ3) is 11.2. The van der Waals surface area contributed by atoms with Crippen LogP contribution in [-0.2, 0) is 28.2 Å². The molecule has 0 aliphatic carbocycles. The Kier molecular flexibility index (Phi) is 14.5. The predicted molar refractivity (Wildman–Crippen MR) is 383 cm³/mol. The normalized spacial score (nSPS) is 15.4. The molecule has 12 aromatic rings. The van der Waals surface area contributed by atoms with Gasteiger partial charge in [-0.1, -0.05) is 83.7 Å². The maximum absolute atomic E-state index is 7.76. The van der Waals surface area contributed by atoms with E-state index in [0.717, 1.165) is 87.4 Å². The Morgan fingerprint density at radius 3 is 1.18 bits per heavy atom. The number of hydrogen-bond donors (Lipinski definition) is 0. The van der Waals surface area contributed by atoms with E-state index in [1.54, 1.807) is 18.5 Å².